The highest BCUT2D eigenvalue weighted by Crippen LogP contribution is 2.32. The van der Waals surface area contributed by atoms with Crippen molar-refractivity contribution in [1.82, 2.24) is 0 Å². The zero-order chi connectivity index (χ0) is 47.3. The lowest BCUT2D eigenvalue weighted by atomic mass is 9.99. The second-order valence-electron chi connectivity index (χ2n) is 16.7. The van der Waals surface area contributed by atoms with Crippen molar-refractivity contribution >= 4 is 46.4 Å². The molecule has 336 valence electrons. The van der Waals surface area contributed by atoms with Crippen molar-refractivity contribution in [2.75, 3.05) is 45.8 Å². The van der Waals surface area contributed by atoms with Gasteiger partial charge in [0.2, 0.25) is 0 Å². The van der Waals surface area contributed by atoms with Crippen LogP contribution < -0.4 is 19.6 Å². The van der Waals surface area contributed by atoms with Crippen LogP contribution in [-0.4, -0.2) is 49.8 Å². The molecular formula is C60H52N4O4. The molecule has 68 heavy (non-hydrogen) atoms. The van der Waals surface area contributed by atoms with E-state index in [9.17, 15) is 19.2 Å². The summed E-state index contributed by atoms with van der Waals surface area (Å²) in [5.41, 5.74) is 13.4. The lowest BCUT2D eigenvalue weighted by molar-refractivity contribution is 0.0977. The van der Waals surface area contributed by atoms with Crippen LogP contribution in [0.4, 0.5) is 22.7 Å². The zero-order valence-electron chi connectivity index (χ0n) is 38.7. The first kappa shape index (κ1) is 44.8. The van der Waals surface area contributed by atoms with Gasteiger partial charge >= 0.3 is 0 Å². The van der Waals surface area contributed by atoms with Crippen molar-refractivity contribution in [2.45, 2.75) is 27.7 Å². The summed E-state index contributed by atoms with van der Waals surface area (Å²) >= 11 is 0. The Morgan fingerprint density at radius 1 is 0.206 bits per heavy atom. The third-order valence-corrected chi connectivity index (χ3v) is 12.8. The van der Waals surface area contributed by atoms with Crippen molar-refractivity contribution < 1.29 is 19.2 Å². The van der Waals surface area contributed by atoms with Gasteiger partial charge in [0.25, 0.3) is 23.6 Å². The third kappa shape index (κ3) is 8.96. The molecule has 8 heteroatoms. The van der Waals surface area contributed by atoms with E-state index < -0.39 is 0 Å². The zero-order valence-corrected chi connectivity index (χ0v) is 38.7. The lowest BCUT2D eigenvalue weighted by Crippen LogP contribution is -2.31. The standard InChI is InChI=1S/C60H52N4O4/c1-5-61-53-33-25-45(26-34-53)41-9-11-42(12-10-41)46-29-37-55(38-30-46)63(7-3)59(67)51-21-23-52(24-22-51)60(68)64(8-4)56-39-31-48(32-40-56)44-15-13-43(14-16-44)47-27-35-54(36-28-47)62(6-2)58(66)50-19-17-49(18-20-50)57(61)65/h9-40H,5-8H2,1-4H3. The number of hydrogen-bond donors (Lipinski definition) is 0. The first-order chi connectivity index (χ1) is 33.2. The van der Waals surface area contributed by atoms with Gasteiger partial charge in [0.1, 0.15) is 0 Å². The molecule has 0 aliphatic carbocycles. The molecule has 8 nitrogen and oxygen atoms in total. The molecule has 13 aliphatic rings. The van der Waals surface area contributed by atoms with Gasteiger partial charge in [-0.25, -0.2) is 0 Å². The Morgan fingerprint density at radius 2 is 0.324 bits per heavy atom. The van der Waals surface area contributed by atoms with Crippen LogP contribution in [0.1, 0.15) is 69.1 Å². The van der Waals surface area contributed by atoms with Crippen molar-refractivity contribution in [2.24, 2.45) is 0 Å². The summed E-state index contributed by atoms with van der Waals surface area (Å²) in [6.45, 7) is 9.70. The molecule has 8 aromatic carbocycles. The fourth-order valence-electron chi connectivity index (χ4n) is 8.95. The Hall–Kier alpha value is -8.36. The number of hydrogen-bond acceptors (Lipinski definition) is 4. The van der Waals surface area contributed by atoms with Gasteiger partial charge in [-0.1, -0.05) is 97.1 Å². The summed E-state index contributed by atoms with van der Waals surface area (Å²) in [5.74, 6) is -0.576. The molecule has 0 spiro atoms. The van der Waals surface area contributed by atoms with Crippen molar-refractivity contribution in [3.63, 3.8) is 0 Å². The van der Waals surface area contributed by atoms with Gasteiger partial charge in [-0.3, -0.25) is 19.2 Å². The Morgan fingerprint density at radius 3 is 0.456 bits per heavy atom. The predicted molar refractivity (Wildman–Crippen MR) is 277 cm³/mol. The van der Waals surface area contributed by atoms with Crippen LogP contribution in [0.25, 0.3) is 44.5 Å². The van der Waals surface area contributed by atoms with E-state index in [-0.39, 0.29) is 23.6 Å². The minimum Gasteiger partial charge on any atom is -0.309 e. The summed E-state index contributed by atoms with van der Waals surface area (Å²) in [4.78, 5) is 62.4. The molecule has 13 heterocycles. The van der Waals surface area contributed by atoms with E-state index in [2.05, 4.69) is 48.5 Å². The fraction of sp³-hybridized carbons (Fsp3) is 0.133. The van der Waals surface area contributed by atoms with Gasteiger partial charge in [-0.2, -0.15) is 0 Å². The molecule has 0 atom stereocenters. The van der Waals surface area contributed by atoms with Gasteiger partial charge < -0.3 is 19.6 Å². The van der Waals surface area contributed by atoms with Crippen molar-refractivity contribution in [1.29, 1.82) is 0 Å². The van der Waals surface area contributed by atoms with E-state index in [1.165, 1.54) is 0 Å². The largest absolute Gasteiger partial charge is 0.309 e. The van der Waals surface area contributed by atoms with E-state index in [1.807, 2.05) is 125 Å². The number of amides is 4. The summed E-state index contributed by atoms with van der Waals surface area (Å²) in [7, 11) is 0. The van der Waals surface area contributed by atoms with E-state index in [0.717, 1.165) is 67.3 Å². The first-order valence-corrected chi connectivity index (χ1v) is 23.3. The minimum absolute atomic E-state index is 0.144. The molecule has 0 radical (unpaired) electrons. The third-order valence-electron chi connectivity index (χ3n) is 12.8. The highest BCUT2D eigenvalue weighted by Gasteiger charge is 2.22. The van der Waals surface area contributed by atoms with E-state index in [1.54, 1.807) is 68.1 Å². The van der Waals surface area contributed by atoms with E-state index in [4.69, 9.17) is 0 Å². The van der Waals surface area contributed by atoms with Gasteiger partial charge in [-0.05, 0) is 169 Å². The summed E-state index contributed by atoms with van der Waals surface area (Å²) in [6, 6.07) is 62.4. The second kappa shape index (κ2) is 19.6. The Bertz CT molecular complexity index is 2650. The second-order valence-corrected chi connectivity index (χ2v) is 16.7. The lowest BCUT2D eigenvalue weighted by Gasteiger charge is -2.23. The predicted octanol–water partition coefficient (Wildman–Crippen LogP) is 13.3. The minimum atomic E-state index is -0.144. The molecule has 0 N–H and O–H groups in total. The van der Waals surface area contributed by atoms with Gasteiger partial charge in [0.15, 0.2) is 0 Å². The van der Waals surface area contributed by atoms with Crippen LogP contribution in [-0.2, 0) is 0 Å². The van der Waals surface area contributed by atoms with Crippen LogP contribution in [0.3, 0.4) is 0 Å². The van der Waals surface area contributed by atoms with E-state index in [0.29, 0.717) is 48.4 Å². The summed E-state index contributed by atoms with van der Waals surface area (Å²) in [6.07, 6.45) is 0. The molecule has 0 unspecified atom stereocenters. The van der Waals surface area contributed by atoms with Gasteiger partial charge in [-0.15, -0.1) is 0 Å². The Balaban J connectivity index is 1.02. The molecule has 16 bridgehead atoms. The molecule has 21 rings (SSSR count). The van der Waals surface area contributed by atoms with Crippen LogP contribution in [0.5, 0.6) is 0 Å². The maximum Gasteiger partial charge on any atom is 0.258 e. The normalized spacial score (nSPS) is 13.2. The number of anilines is 4. The quantitative estimate of drug-likeness (QED) is 0.176. The monoisotopic (exact) mass is 892 g/mol. The SMILES string of the molecule is CCN1C(=O)c2ccc(cc2)C(=O)N(CC)c2ccc(cc2)-c2ccc(cc2)-c2ccc(cc2)N(CC)C(=O)c2ccc(cc2)C(=O)N(CC)c2ccc(cc2)-c2ccc(cc2)-c2ccc1cc2. The smallest absolute Gasteiger partial charge is 0.258 e. The summed E-state index contributed by atoms with van der Waals surface area (Å²) < 4.78 is 0. The van der Waals surface area contributed by atoms with Gasteiger partial charge in [0.05, 0.1) is 0 Å². The van der Waals surface area contributed by atoms with Gasteiger partial charge in [0, 0.05) is 71.2 Å². The molecule has 8 aromatic rings. The van der Waals surface area contributed by atoms with Crippen molar-refractivity contribution in [3.05, 3.63) is 216 Å². The topological polar surface area (TPSA) is 81.2 Å². The number of carbonyl (C=O) groups is 4. The number of carbonyl (C=O) groups excluding carboxylic acids is 4. The fourth-order valence-corrected chi connectivity index (χ4v) is 8.95. The maximum absolute atomic E-state index is 13.9. The number of nitrogens with zero attached hydrogens (tertiary/aromatic N) is 4. The molecule has 13 aliphatic heterocycles. The maximum atomic E-state index is 13.9. The van der Waals surface area contributed by atoms with Crippen LogP contribution in [0, 0.1) is 0 Å². The molecule has 0 saturated carbocycles. The Labute approximate surface area is 398 Å². The highest BCUT2D eigenvalue weighted by atomic mass is 16.2. The molecule has 0 saturated heterocycles. The highest BCUT2D eigenvalue weighted by molar-refractivity contribution is 6.10. The first-order valence-electron chi connectivity index (χ1n) is 23.3. The average Bonchev–Trinajstić information content (AvgIpc) is 3.40. The van der Waals surface area contributed by atoms with Crippen molar-refractivity contribution in [3.8, 4) is 44.5 Å². The summed E-state index contributed by atoms with van der Waals surface area (Å²) in [5, 5.41) is 0. The molecule has 4 amide bonds. The molecular weight excluding hydrogens is 841 g/mol. The van der Waals surface area contributed by atoms with E-state index >= 15 is 0 Å². The molecule has 0 fully saturated rings. The van der Waals surface area contributed by atoms with Crippen LogP contribution >= 0.6 is 0 Å². The number of rotatable bonds is 4. The number of benzene rings is 8. The molecule has 0 aromatic heterocycles. The van der Waals surface area contributed by atoms with Crippen LogP contribution in [0.15, 0.2) is 194 Å². The Kier molecular flexibility index (Phi) is 12.9. The average molecular weight is 893 g/mol. The van der Waals surface area contributed by atoms with Crippen LogP contribution in [0.2, 0.25) is 0 Å².